The number of hydrogen-bond donors (Lipinski definition) is 1. The summed E-state index contributed by atoms with van der Waals surface area (Å²) in [6.45, 7) is 8.31. The molecule has 0 saturated heterocycles. The molecule has 284 valence electrons. The monoisotopic (exact) mass is 745 g/mol. The van der Waals surface area contributed by atoms with Gasteiger partial charge in [0.15, 0.2) is 5.82 Å². The lowest BCUT2D eigenvalue weighted by Gasteiger charge is -2.26. The summed E-state index contributed by atoms with van der Waals surface area (Å²) < 4.78 is 41.8. The van der Waals surface area contributed by atoms with E-state index in [-0.39, 0.29) is 36.4 Å². The second-order valence-electron chi connectivity index (χ2n) is 16.2. The molecule has 2 amide bonds. The maximum Gasteiger partial charge on any atom is 0.240 e. The number of methoxy groups -OCH3 is 1. The molecule has 0 bridgehead atoms. The van der Waals surface area contributed by atoms with E-state index in [4.69, 9.17) is 19.6 Å². The third kappa shape index (κ3) is 6.97. The number of aryl methyl sites for hydroxylation is 1. The van der Waals surface area contributed by atoms with Crippen LogP contribution in [0.15, 0.2) is 42.6 Å². The van der Waals surface area contributed by atoms with Gasteiger partial charge in [0.1, 0.15) is 23.4 Å². The highest BCUT2D eigenvalue weighted by Crippen LogP contribution is 2.58. The third-order valence-electron chi connectivity index (χ3n) is 12.1. The first kappa shape index (κ1) is 37.1. The topological polar surface area (TPSA) is 150 Å². The summed E-state index contributed by atoms with van der Waals surface area (Å²) in [5.41, 5.74) is 1.29. The Bertz CT molecular complexity index is 2090. The summed E-state index contributed by atoms with van der Waals surface area (Å²) in [4.78, 5) is 49.1. The zero-order valence-electron chi connectivity index (χ0n) is 31.6. The predicted molar refractivity (Wildman–Crippen MR) is 200 cm³/mol. The molecule has 0 radical (unpaired) electrons. The smallest absolute Gasteiger partial charge is 0.240 e. The van der Waals surface area contributed by atoms with Crippen molar-refractivity contribution < 1.29 is 32.3 Å². The van der Waals surface area contributed by atoms with Gasteiger partial charge in [-0.2, -0.15) is 5.10 Å². The normalized spacial score (nSPS) is 27.9. The number of fused-ring (bicyclic) bond motifs is 3. The van der Waals surface area contributed by atoms with Crippen LogP contribution in [-0.2, 0) is 24.4 Å². The van der Waals surface area contributed by atoms with Crippen molar-refractivity contribution in [2.75, 3.05) is 20.7 Å². The average Bonchev–Trinajstić information content (AvgIpc) is 3.89. The lowest BCUT2D eigenvalue weighted by atomic mass is 9.84. The number of carbonyl (C=O) groups is 3. The van der Waals surface area contributed by atoms with E-state index in [1.807, 2.05) is 49.5 Å². The highest BCUT2D eigenvalue weighted by atomic mass is 32.2. The van der Waals surface area contributed by atoms with Gasteiger partial charge in [0.2, 0.25) is 21.8 Å². The van der Waals surface area contributed by atoms with Crippen LogP contribution in [0.2, 0.25) is 0 Å². The van der Waals surface area contributed by atoms with Crippen molar-refractivity contribution in [3.8, 4) is 17.3 Å². The van der Waals surface area contributed by atoms with Gasteiger partial charge in [0.05, 0.1) is 34.4 Å². The molecule has 13 heteroatoms. The number of benzene rings is 1. The molecule has 0 spiro atoms. The Morgan fingerprint density at radius 3 is 2.53 bits per heavy atom. The van der Waals surface area contributed by atoms with E-state index in [1.54, 1.807) is 30.7 Å². The SMILES string of the molecule is COc1ccc2c(O[C@@H]3C[C@H]4C(=O)C[C@]5(C(=O)NS(=O)(=O)C6(C)CC6)C[C@@H]5/C=C\CCCCN(C)C(=O)[C@@H]4C3)cc(-n3ccc(C(C)C)n3)nc2c1C. The van der Waals surface area contributed by atoms with Gasteiger partial charge in [0.25, 0.3) is 0 Å². The van der Waals surface area contributed by atoms with Crippen LogP contribution in [0.3, 0.4) is 0 Å². The maximum atomic E-state index is 14.4. The lowest BCUT2D eigenvalue weighted by Crippen LogP contribution is -2.44. The summed E-state index contributed by atoms with van der Waals surface area (Å²) in [5.74, 6) is -0.490. The molecule has 2 aromatic heterocycles. The van der Waals surface area contributed by atoms with Gasteiger partial charge >= 0.3 is 0 Å². The van der Waals surface area contributed by atoms with Crippen molar-refractivity contribution in [3.63, 3.8) is 0 Å². The lowest BCUT2D eigenvalue weighted by molar-refractivity contribution is -0.140. The van der Waals surface area contributed by atoms with Crippen LogP contribution < -0.4 is 14.2 Å². The second kappa shape index (κ2) is 13.9. The van der Waals surface area contributed by atoms with E-state index in [1.165, 1.54) is 0 Å². The minimum atomic E-state index is -3.89. The van der Waals surface area contributed by atoms with E-state index < -0.39 is 44.0 Å². The number of pyridine rings is 1. The van der Waals surface area contributed by atoms with Crippen molar-refractivity contribution in [3.05, 3.63) is 53.9 Å². The summed E-state index contributed by atoms with van der Waals surface area (Å²) in [6, 6.07) is 7.59. The fraction of sp³-hybridized carbons (Fsp3) is 0.575. The number of amides is 2. The molecule has 5 atom stereocenters. The molecule has 53 heavy (non-hydrogen) atoms. The van der Waals surface area contributed by atoms with E-state index in [2.05, 4.69) is 18.6 Å². The van der Waals surface area contributed by atoms with Gasteiger partial charge in [-0.3, -0.25) is 19.1 Å². The quantitative estimate of drug-likeness (QED) is 0.283. The first-order valence-corrected chi connectivity index (χ1v) is 20.4. The summed E-state index contributed by atoms with van der Waals surface area (Å²) in [7, 11) is -0.491. The zero-order chi connectivity index (χ0) is 37.9. The number of allylic oxidation sites excluding steroid dienone is 2. The summed E-state index contributed by atoms with van der Waals surface area (Å²) in [6.07, 6.45) is 9.66. The molecular weight excluding hydrogens is 695 g/mol. The van der Waals surface area contributed by atoms with E-state index >= 15 is 0 Å². The van der Waals surface area contributed by atoms with Gasteiger partial charge in [-0.1, -0.05) is 26.0 Å². The highest BCUT2D eigenvalue weighted by molar-refractivity contribution is 7.91. The first-order valence-electron chi connectivity index (χ1n) is 18.9. The largest absolute Gasteiger partial charge is 0.496 e. The Balaban J connectivity index is 1.21. The Morgan fingerprint density at radius 2 is 1.83 bits per heavy atom. The van der Waals surface area contributed by atoms with Crippen molar-refractivity contribution in [2.24, 2.45) is 23.2 Å². The Morgan fingerprint density at radius 1 is 1.08 bits per heavy atom. The first-order chi connectivity index (χ1) is 25.2. The van der Waals surface area contributed by atoms with E-state index in [0.717, 1.165) is 35.9 Å². The predicted octanol–water partition coefficient (Wildman–Crippen LogP) is 5.80. The molecular formula is C40H51N5O7S. The van der Waals surface area contributed by atoms with Crippen LogP contribution in [-0.4, -0.2) is 77.2 Å². The standard InChI is InChI=1S/C40H51N5O7S/c1-24(2)31-14-18-45(42-31)35-21-34(28-12-13-33(51-6)25(3)36(28)41-35)52-27-19-29-30(20-27)37(47)44(5)17-10-8-7-9-11-26-22-40(26,23-32(29)46)38(48)43-53(49,50)39(4)15-16-39/h9,11-14,18,21,24,26-27,29-30H,7-8,10,15-17,19-20,22-23H2,1-6H3,(H,43,48)/b11-9-/t26-,27+,29+,30+,40+/m0/s1. The van der Waals surface area contributed by atoms with Crippen LogP contribution in [0.1, 0.15) is 95.7 Å². The van der Waals surface area contributed by atoms with Gasteiger partial charge < -0.3 is 14.4 Å². The Kier molecular flexibility index (Phi) is 9.70. The van der Waals surface area contributed by atoms with Crippen LogP contribution in [0, 0.1) is 30.1 Å². The number of ether oxygens (including phenoxy) is 2. The van der Waals surface area contributed by atoms with Crippen LogP contribution in [0.5, 0.6) is 11.5 Å². The number of nitrogens with zero attached hydrogens (tertiary/aromatic N) is 4. The van der Waals surface area contributed by atoms with Gasteiger partial charge in [0, 0.05) is 49.1 Å². The number of carbonyl (C=O) groups excluding carboxylic acids is 3. The number of sulfonamides is 1. The molecule has 1 aliphatic heterocycles. The number of nitrogens with one attached hydrogen (secondary N) is 1. The molecule has 0 unspecified atom stereocenters. The number of hydrogen-bond acceptors (Lipinski definition) is 9. The van der Waals surface area contributed by atoms with Crippen molar-refractivity contribution >= 4 is 38.5 Å². The van der Waals surface area contributed by atoms with Crippen LogP contribution >= 0.6 is 0 Å². The fourth-order valence-electron chi connectivity index (χ4n) is 8.10. The van der Waals surface area contributed by atoms with Gasteiger partial charge in [-0.05, 0) is 95.2 Å². The van der Waals surface area contributed by atoms with E-state index in [0.29, 0.717) is 55.1 Å². The molecule has 3 saturated carbocycles. The third-order valence-corrected chi connectivity index (χ3v) is 14.3. The Hall–Kier alpha value is -4.26. The minimum Gasteiger partial charge on any atom is -0.496 e. The zero-order valence-corrected chi connectivity index (χ0v) is 32.4. The molecule has 1 N–H and O–H groups in total. The van der Waals surface area contributed by atoms with Crippen LogP contribution in [0.4, 0.5) is 0 Å². The molecule has 7 rings (SSSR count). The number of rotatable bonds is 8. The second-order valence-corrected chi connectivity index (χ2v) is 18.4. The van der Waals surface area contributed by atoms with E-state index in [9.17, 15) is 22.8 Å². The number of ketones is 1. The molecule has 3 heterocycles. The average molecular weight is 746 g/mol. The number of aromatic nitrogens is 3. The molecule has 12 nitrogen and oxygen atoms in total. The molecule has 3 fully saturated rings. The molecule has 3 aromatic rings. The fourth-order valence-corrected chi connectivity index (χ4v) is 9.43. The van der Waals surface area contributed by atoms with Crippen molar-refractivity contribution in [2.45, 2.75) is 102 Å². The minimum absolute atomic E-state index is 0.115. The molecule has 1 aromatic carbocycles. The number of Topliss-reactive ketones (excluding diaryl/α,β-unsaturated/α-hetero) is 1. The maximum absolute atomic E-state index is 14.4. The summed E-state index contributed by atoms with van der Waals surface area (Å²) >= 11 is 0. The molecule has 4 aliphatic rings. The van der Waals surface area contributed by atoms with Crippen molar-refractivity contribution in [1.29, 1.82) is 0 Å². The molecule has 3 aliphatic carbocycles. The summed E-state index contributed by atoms with van der Waals surface area (Å²) in [5, 5.41) is 5.52. The van der Waals surface area contributed by atoms with Crippen molar-refractivity contribution in [1.82, 2.24) is 24.4 Å². The van der Waals surface area contributed by atoms with Gasteiger partial charge in [-0.15, -0.1) is 0 Å². The van der Waals surface area contributed by atoms with Gasteiger partial charge in [-0.25, -0.2) is 18.1 Å². The highest BCUT2D eigenvalue weighted by Gasteiger charge is 2.62. The Labute approximate surface area is 311 Å². The van der Waals surface area contributed by atoms with Crippen LogP contribution in [0.25, 0.3) is 16.7 Å².